The van der Waals surface area contributed by atoms with Crippen LogP contribution in [0.4, 0.5) is 5.69 Å². The number of rotatable bonds is 3. The number of benzene rings is 2. The topological polar surface area (TPSA) is 109 Å². The van der Waals surface area contributed by atoms with Crippen LogP contribution in [0, 0.1) is 10.1 Å². The van der Waals surface area contributed by atoms with Crippen LogP contribution in [-0.2, 0) is 0 Å². The lowest BCUT2D eigenvalue weighted by molar-refractivity contribution is -0.384. The number of aromatic nitrogens is 2. The first-order valence-electron chi connectivity index (χ1n) is 6.03. The average Bonchev–Trinajstić information content (AvgIpc) is 2.89. The van der Waals surface area contributed by atoms with Crippen molar-refractivity contribution in [2.75, 3.05) is 0 Å². The van der Waals surface area contributed by atoms with Gasteiger partial charge < -0.3 is 5.11 Å². The van der Waals surface area contributed by atoms with Crippen LogP contribution >= 0.6 is 0 Å². The monoisotopic (exact) mass is 283 g/mol. The van der Waals surface area contributed by atoms with Crippen molar-refractivity contribution in [1.29, 1.82) is 0 Å². The number of nitrogens with zero attached hydrogens (tertiary/aromatic N) is 2. The second kappa shape index (κ2) is 4.71. The van der Waals surface area contributed by atoms with Gasteiger partial charge in [0.25, 0.3) is 5.69 Å². The molecule has 0 aliphatic carbocycles. The summed E-state index contributed by atoms with van der Waals surface area (Å²) in [6.07, 6.45) is 0. The highest BCUT2D eigenvalue weighted by Gasteiger charge is 2.19. The lowest BCUT2D eigenvalue weighted by Gasteiger charge is -2.00. The molecule has 0 aliphatic heterocycles. The number of nitro groups is 1. The maximum Gasteiger partial charge on any atom is 0.335 e. The molecule has 0 saturated heterocycles. The minimum absolute atomic E-state index is 0.0772. The Balaban J connectivity index is 2.28. The highest BCUT2D eigenvalue weighted by Crippen LogP contribution is 2.33. The lowest BCUT2D eigenvalue weighted by atomic mass is 10.0. The smallest absolute Gasteiger partial charge is 0.335 e. The van der Waals surface area contributed by atoms with Crippen molar-refractivity contribution in [3.05, 3.63) is 58.1 Å². The van der Waals surface area contributed by atoms with Crippen LogP contribution in [0.1, 0.15) is 10.4 Å². The summed E-state index contributed by atoms with van der Waals surface area (Å²) in [7, 11) is 0. The largest absolute Gasteiger partial charge is 0.478 e. The second-order valence-corrected chi connectivity index (χ2v) is 4.41. The van der Waals surface area contributed by atoms with E-state index in [0.29, 0.717) is 22.2 Å². The van der Waals surface area contributed by atoms with Gasteiger partial charge in [0, 0.05) is 11.5 Å². The fraction of sp³-hybridized carbons (Fsp3) is 0. The molecule has 0 aliphatic rings. The summed E-state index contributed by atoms with van der Waals surface area (Å²) in [6, 6.07) is 10.7. The molecule has 0 unspecified atom stereocenters. The maximum absolute atomic E-state index is 11.1. The molecule has 0 fully saturated rings. The number of carbonyl (C=O) groups is 1. The molecule has 104 valence electrons. The van der Waals surface area contributed by atoms with Crippen molar-refractivity contribution >= 4 is 22.6 Å². The molecule has 3 rings (SSSR count). The van der Waals surface area contributed by atoms with E-state index in [1.807, 2.05) is 0 Å². The van der Waals surface area contributed by atoms with Gasteiger partial charge in [-0.2, -0.15) is 5.10 Å². The van der Waals surface area contributed by atoms with Gasteiger partial charge in [-0.25, -0.2) is 4.79 Å². The molecule has 0 atom stereocenters. The van der Waals surface area contributed by atoms with E-state index in [-0.39, 0.29) is 11.3 Å². The van der Waals surface area contributed by atoms with Crippen LogP contribution in [0.3, 0.4) is 0 Å². The Labute approximate surface area is 118 Å². The number of nitro benzene ring substituents is 1. The molecule has 0 radical (unpaired) electrons. The summed E-state index contributed by atoms with van der Waals surface area (Å²) < 4.78 is 0. The highest BCUT2D eigenvalue weighted by molar-refractivity contribution is 6.00. The highest BCUT2D eigenvalue weighted by atomic mass is 16.6. The summed E-state index contributed by atoms with van der Waals surface area (Å²) in [5.41, 5.74) is 1.35. The Bertz CT molecular complexity index is 870. The number of H-pyrrole nitrogens is 1. The Hall–Kier alpha value is -3.22. The molecule has 21 heavy (non-hydrogen) atoms. The number of hydrogen-bond donors (Lipinski definition) is 2. The first-order chi connectivity index (χ1) is 10.1. The van der Waals surface area contributed by atoms with Gasteiger partial charge in [0.05, 0.1) is 21.6 Å². The lowest BCUT2D eigenvalue weighted by Crippen LogP contribution is -1.95. The summed E-state index contributed by atoms with van der Waals surface area (Å²) in [6.45, 7) is 0. The Kier molecular flexibility index (Phi) is 2.87. The van der Waals surface area contributed by atoms with Gasteiger partial charge in [-0.3, -0.25) is 15.2 Å². The summed E-state index contributed by atoms with van der Waals surface area (Å²) in [5.74, 6) is -1.06. The first-order valence-corrected chi connectivity index (χ1v) is 6.03. The zero-order valence-electron chi connectivity index (χ0n) is 10.6. The molecule has 0 saturated carbocycles. The summed E-state index contributed by atoms with van der Waals surface area (Å²) in [4.78, 5) is 21.7. The molecule has 0 amide bonds. The van der Waals surface area contributed by atoms with Crippen LogP contribution in [-0.4, -0.2) is 26.2 Å². The van der Waals surface area contributed by atoms with E-state index in [1.54, 1.807) is 24.3 Å². The van der Waals surface area contributed by atoms with Crippen molar-refractivity contribution in [2.45, 2.75) is 0 Å². The van der Waals surface area contributed by atoms with E-state index in [1.165, 1.54) is 18.2 Å². The molecule has 3 aromatic rings. The molecule has 0 bridgehead atoms. The number of hydrogen-bond acceptors (Lipinski definition) is 4. The third-order valence-corrected chi connectivity index (χ3v) is 3.17. The summed E-state index contributed by atoms with van der Waals surface area (Å²) >= 11 is 0. The van der Waals surface area contributed by atoms with Crippen LogP contribution in [0.15, 0.2) is 42.5 Å². The van der Waals surface area contributed by atoms with Gasteiger partial charge in [-0.15, -0.1) is 0 Å². The normalized spacial score (nSPS) is 10.7. The van der Waals surface area contributed by atoms with Crippen LogP contribution in [0.25, 0.3) is 22.2 Å². The molecule has 7 nitrogen and oxygen atoms in total. The minimum Gasteiger partial charge on any atom is -0.478 e. The van der Waals surface area contributed by atoms with Gasteiger partial charge in [0.2, 0.25) is 0 Å². The van der Waals surface area contributed by atoms with Gasteiger partial charge in [0.1, 0.15) is 5.69 Å². The quantitative estimate of drug-likeness (QED) is 0.567. The van der Waals surface area contributed by atoms with Gasteiger partial charge in [0.15, 0.2) is 0 Å². The number of aromatic carboxylic acids is 1. The number of nitrogens with one attached hydrogen (secondary N) is 1. The van der Waals surface area contributed by atoms with Crippen LogP contribution in [0.5, 0.6) is 0 Å². The second-order valence-electron chi connectivity index (χ2n) is 4.41. The fourth-order valence-corrected chi connectivity index (χ4v) is 2.19. The van der Waals surface area contributed by atoms with E-state index in [2.05, 4.69) is 10.2 Å². The maximum atomic E-state index is 11.1. The number of aromatic amines is 1. The SMILES string of the molecule is O=C(O)c1ccc2[nH]nc(-c3ccccc3[N+](=O)[O-])c2c1. The average molecular weight is 283 g/mol. The molecule has 0 spiro atoms. The van der Waals surface area contributed by atoms with Crippen LogP contribution < -0.4 is 0 Å². The van der Waals surface area contributed by atoms with Crippen molar-refractivity contribution in [3.8, 4) is 11.3 Å². The predicted molar refractivity (Wildman–Crippen MR) is 75.1 cm³/mol. The number of para-hydroxylation sites is 1. The molecular formula is C14H9N3O4. The molecule has 2 aromatic carbocycles. The third-order valence-electron chi connectivity index (χ3n) is 3.17. The van der Waals surface area contributed by atoms with Gasteiger partial charge in [-0.1, -0.05) is 12.1 Å². The zero-order chi connectivity index (χ0) is 15.0. The molecular weight excluding hydrogens is 274 g/mol. The number of fused-ring (bicyclic) bond motifs is 1. The predicted octanol–water partition coefficient (Wildman–Crippen LogP) is 2.84. The van der Waals surface area contributed by atoms with Gasteiger partial charge in [-0.05, 0) is 24.3 Å². The Morgan fingerprint density at radius 3 is 2.71 bits per heavy atom. The van der Waals surface area contributed by atoms with E-state index in [0.717, 1.165) is 0 Å². The molecule has 1 aromatic heterocycles. The molecule has 1 heterocycles. The molecule has 2 N–H and O–H groups in total. The van der Waals surface area contributed by atoms with Crippen molar-refractivity contribution in [3.63, 3.8) is 0 Å². The third kappa shape index (κ3) is 2.10. The fourth-order valence-electron chi connectivity index (χ4n) is 2.19. The van der Waals surface area contributed by atoms with Crippen molar-refractivity contribution < 1.29 is 14.8 Å². The van der Waals surface area contributed by atoms with Gasteiger partial charge >= 0.3 is 5.97 Å². The minimum atomic E-state index is -1.06. The van der Waals surface area contributed by atoms with E-state index >= 15 is 0 Å². The Morgan fingerprint density at radius 1 is 1.24 bits per heavy atom. The van der Waals surface area contributed by atoms with E-state index < -0.39 is 10.9 Å². The summed E-state index contributed by atoms with van der Waals surface area (Å²) in [5, 5.41) is 27.5. The standard InChI is InChI=1S/C14H9N3O4/c18-14(19)8-5-6-11-10(7-8)13(16-15-11)9-3-1-2-4-12(9)17(20)21/h1-7H,(H,15,16)(H,18,19). The van der Waals surface area contributed by atoms with Crippen LogP contribution in [0.2, 0.25) is 0 Å². The van der Waals surface area contributed by atoms with E-state index in [9.17, 15) is 14.9 Å². The van der Waals surface area contributed by atoms with E-state index in [4.69, 9.17) is 5.11 Å². The zero-order valence-corrected chi connectivity index (χ0v) is 10.6. The Morgan fingerprint density at radius 2 is 2.00 bits per heavy atom. The molecule has 7 heteroatoms. The number of carboxylic acids is 1. The van der Waals surface area contributed by atoms with Crippen molar-refractivity contribution in [1.82, 2.24) is 10.2 Å². The first kappa shape index (κ1) is 12.8. The van der Waals surface area contributed by atoms with Crippen molar-refractivity contribution in [2.24, 2.45) is 0 Å². The number of carboxylic acid groups (broad SMARTS) is 1.